The summed E-state index contributed by atoms with van der Waals surface area (Å²) in [6.45, 7) is 5.89. The number of hydrogen-bond donors (Lipinski definition) is 1. The molecule has 0 radical (unpaired) electrons. The molecule has 0 unspecified atom stereocenters. The van der Waals surface area contributed by atoms with Crippen LogP contribution in [0.1, 0.15) is 39.5 Å². The van der Waals surface area contributed by atoms with Crippen LogP contribution < -0.4 is 0 Å². The van der Waals surface area contributed by atoms with Crippen LogP contribution in [-0.2, 0) is 14.9 Å². The van der Waals surface area contributed by atoms with Crippen LogP contribution in [0.5, 0.6) is 0 Å². The second kappa shape index (κ2) is 5.85. The van der Waals surface area contributed by atoms with E-state index in [0.717, 1.165) is 0 Å². The Bertz CT molecular complexity index is 558. The van der Waals surface area contributed by atoms with Crippen molar-refractivity contribution in [3.05, 3.63) is 18.3 Å². The number of aromatic amines is 1. The SMILES string of the molecule is CCOC(=O)C(CC)(CC)c1nc(-c2ncc[nH]2)no1. The minimum atomic E-state index is -0.895. The number of H-pyrrole nitrogens is 1. The van der Waals surface area contributed by atoms with E-state index in [1.54, 1.807) is 19.3 Å². The summed E-state index contributed by atoms with van der Waals surface area (Å²) in [5.74, 6) is 0.775. The standard InChI is InChI=1S/C13H18N4O3/c1-4-13(5-2,12(18)19-6-3)11-16-10(17-20-11)9-14-7-8-15-9/h7-8H,4-6H2,1-3H3,(H,14,15). The molecule has 0 aliphatic carbocycles. The number of hydrogen-bond acceptors (Lipinski definition) is 6. The first-order valence-corrected chi connectivity index (χ1v) is 6.69. The lowest BCUT2D eigenvalue weighted by Gasteiger charge is -2.24. The Kier molecular flexibility index (Phi) is 4.16. The number of esters is 1. The molecular formula is C13H18N4O3. The van der Waals surface area contributed by atoms with Gasteiger partial charge in [0.15, 0.2) is 5.82 Å². The molecular weight excluding hydrogens is 260 g/mol. The normalized spacial score (nSPS) is 11.6. The van der Waals surface area contributed by atoms with Crippen molar-refractivity contribution in [3.63, 3.8) is 0 Å². The number of carbonyl (C=O) groups excluding carboxylic acids is 1. The van der Waals surface area contributed by atoms with Gasteiger partial charge in [-0.3, -0.25) is 4.79 Å². The molecule has 0 saturated carbocycles. The van der Waals surface area contributed by atoms with E-state index in [-0.39, 0.29) is 11.9 Å². The molecule has 2 aromatic rings. The second-order valence-corrected chi connectivity index (χ2v) is 4.37. The Labute approximate surface area is 116 Å². The molecule has 0 bridgehead atoms. The van der Waals surface area contributed by atoms with Crippen molar-refractivity contribution in [1.29, 1.82) is 0 Å². The minimum Gasteiger partial charge on any atom is -0.465 e. The van der Waals surface area contributed by atoms with Gasteiger partial charge in [-0.2, -0.15) is 4.98 Å². The smallest absolute Gasteiger partial charge is 0.321 e. The van der Waals surface area contributed by atoms with Gasteiger partial charge in [-0.1, -0.05) is 19.0 Å². The lowest BCUT2D eigenvalue weighted by molar-refractivity contribution is -0.151. The third-order valence-electron chi connectivity index (χ3n) is 3.42. The molecule has 7 nitrogen and oxygen atoms in total. The topological polar surface area (TPSA) is 93.9 Å². The summed E-state index contributed by atoms with van der Waals surface area (Å²) in [6, 6.07) is 0. The average molecular weight is 278 g/mol. The maximum absolute atomic E-state index is 12.3. The highest BCUT2D eigenvalue weighted by molar-refractivity contribution is 5.81. The molecule has 2 rings (SSSR count). The molecule has 0 atom stereocenters. The third-order valence-corrected chi connectivity index (χ3v) is 3.42. The molecule has 108 valence electrons. The summed E-state index contributed by atoms with van der Waals surface area (Å²) in [4.78, 5) is 23.5. The number of nitrogens with zero attached hydrogens (tertiary/aromatic N) is 3. The number of nitrogens with one attached hydrogen (secondary N) is 1. The van der Waals surface area contributed by atoms with Gasteiger partial charge in [0.05, 0.1) is 6.61 Å². The Morgan fingerprint density at radius 2 is 2.15 bits per heavy atom. The first kappa shape index (κ1) is 14.2. The molecule has 20 heavy (non-hydrogen) atoms. The third kappa shape index (κ3) is 2.31. The molecule has 0 aliphatic heterocycles. The van der Waals surface area contributed by atoms with Gasteiger partial charge in [0, 0.05) is 12.4 Å². The number of carbonyl (C=O) groups is 1. The fourth-order valence-corrected chi connectivity index (χ4v) is 2.10. The zero-order valence-corrected chi connectivity index (χ0v) is 11.8. The summed E-state index contributed by atoms with van der Waals surface area (Å²) in [6.07, 6.45) is 4.33. The largest absolute Gasteiger partial charge is 0.465 e. The fourth-order valence-electron chi connectivity index (χ4n) is 2.10. The Hall–Kier alpha value is -2.18. The van der Waals surface area contributed by atoms with Crippen molar-refractivity contribution < 1.29 is 14.1 Å². The lowest BCUT2D eigenvalue weighted by Crippen LogP contribution is -2.36. The molecule has 2 heterocycles. The fraction of sp³-hybridized carbons (Fsp3) is 0.538. The van der Waals surface area contributed by atoms with Gasteiger partial charge in [-0.15, -0.1) is 0 Å². The van der Waals surface area contributed by atoms with Crippen LogP contribution in [0, 0.1) is 0 Å². The second-order valence-electron chi connectivity index (χ2n) is 4.37. The molecule has 0 saturated heterocycles. The van der Waals surface area contributed by atoms with Gasteiger partial charge in [0.1, 0.15) is 5.41 Å². The van der Waals surface area contributed by atoms with Gasteiger partial charge in [0.25, 0.3) is 0 Å². The number of imidazole rings is 1. The predicted molar refractivity (Wildman–Crippen MR) is 70.8 cm³/mol. The first-order valence-electron chi connectivity index (χ1n) is 6.69. The van der Waals surface area contributed by atoms with Crippen LogP contribution in [-0.4, -0.2) is 32.7 Å². The number of ether oxygens (including phenoxy) is 1. The van der Waals surface area contributed by atoms with Crippen molar-refractivity contribution in [2.75, 3.05) is 6.61 Å². The lowest BCUT2D eigenvalue weighted by atomic mass is 9.82. The monoisotopic (exact) mass is 278 g/mol. The van der Waals surface area contributed by atoms with Crippen molar-refractivity contribution in [2.24, 2.45) is 0 Å². The zero-order valence-electron chi connectivity index (χ0n) is 11.8. The molecule has 0 spiro atoms. The predicted octanol–water partition coefficient (Wildman–Crippen LogP) is 2.08. The van der Waals surface area contributed by atoms with Crippen LogP contribution in [0.4, 0.5) is 0 Å². The van der Waals surface area contributed by atoms with E-state index in [2.05, 4.69) is 20.1 Å². The van der Waals surface area contributed by atoms with Gasteiger partial charge in [0.2, 0.25) is 11.7 Å². The number of rotatable bonds is 6. The Morgan fingerprint density at radius 3 is 2.70 bits per heavy atom. The van der Waals surface area contributed by atoms with Gasteiger partial charge >= 0.3 is 5.97 Å². The van der Waals surface area contributed by atoms with Crippen molar-refractivity contribution in [1.82, 2.24) is 20.1 Å². The molecule has 1 N–H and O–H groups in total. The van der Waals surface area contributed by atoms with Gasteiger partial charge in [-0.25, -0.2) is 4.98 Å². The molecule has 0 aromatic carbocycles. The van der Waals surface area contributed by atoms with Crippen molar-refractivity contribution >= 4 is 5.97 Å². The van der Waals surface area contributed by atoms with E-state index in [0.29, 0.717) is 31.1 Å². The van der Waals surface area contributed by atoms with E-state index in [1.165, 1.54) is 0 Å². The summed E-state index contributed by atoms with van der Waals surface area (Å²) in [5, 5.41) is 3.88. The van der Waals surface area contributed by atoms with E-state index in [1.807, 2.05) is 13.8 Å². The molecule has 0 aliphatic rings. The molecule has 7 heteroatoms. The molecule has 0 amide bonds. The Morgan fingerprint density at radius 1 is 1.40 bits per heavy atom. The summed E-state index contributed by atoms with van der Waals surface area (Å²) in [5.41, 5.74) is -0.895. The van der Waals surface area contributed by atoms with E-state index in [4.69, 9.17) is 9.26 Å². The van der Waals surface area contributed by atoms with Crippen LogP contribution in [0.2, 0.25) is 0 Å². The van der Waals surface area contributed by atoms with Crippen LogP contribution in [0.3, 0.4) is 0 Å². The van der Waals surface area contributed by atoms with Crippen LogP contribution in [0.15, 0.2) is 16.9 Å². The van der Waals surface area contributed by atoms with Gasteiger partial charge < -0.3 is 14.2 Å². The average Bonchev–Trinajstić information content (AvgIpc) is 3.12. The van der Waals surface area contributed by atoms with E-state index >= 15 is 0 Å². The first-order chi connectivity index (χ1) is 9.67. The molecule has 2 aromatic heterocycles. The van der Waals surface area contributed by atoms with Crippen LogP contribution in [0.25, 0.3) is 11.6 Å². The van der Waals surface area contributed by atoms with E-state index < -0.39 is 5.41 Å². The minimum absolute atomic E-state index is 0.271. The van der Waals surface area contributed by atoms with E-state index in [9.17, 15) is 4.79 Å². The Balaban J connectivity index is 2.37. The van der Waals surface area contributed by atoms with Gasteiger partial charge in [-0.05, 0) is 19.8 Å². The summed E-state index contributed by atoms with van der Waals surface area (Å²) in [7, 11) is 0. The highest BCUT2D eigenvalue weighted by atomic mass is 16.5. The number of aromatic nitrogens is 4. The summed E-state index contributed by atoms with van der Waals surface area (Å²) >= 11 is 0. The molecule has 0 fully saturated rings. The van der Waals surface area contributed by atoms with Crippen molar-refractivity contribution in [2.45, 2.75) is 39.0 Å². The highest BCUT2D eigenvalue weighted by Crippen LogP contribution is 2.32. The van der Waals surface area contributed by atoms with Crippen molar-refractivity contribution in [3.8, 4) is 11.6 Å². The maximum Gasteiger partial charge on any atom is 0.321 e. The highest BCUT2D eigenvalue weighted by Gasteiger charge is 2.44. The summed E-state index contributed by atoms with van der Waals surface area (Å²) < 4.78 is 10.4. The quantitative estimate of drug-likeness (QED) is 0.813. The zero-order chi connectivity index (χ0) is 14.6. The van der Waals surface area contributed by atoms with Crippen LogP contribution >= 0.6 is 0 Å². The maximum atomic E-state index is 12.3.